The summed E-state index contributed by atoms with van der Waals surface area (Å²) in [5.41, 5.74) is 8.21. The molecule has 0 radical (unpaired) electrons. The van der Waals surface area contributed by atoms with Gasteiger partial charge < -0.3 is 10.8 Å². The third kappa shape index (κ3) is 2.25. The Morgan fingerprint density at radius 1 is 1.50 bits per heavy atom. The monoisotopic (exact) mass is 276 g/mol. The van der Waals surface area contributed by atoms with Crippen molar-refractivity contribution in [2.45, 2.75) is 31.5 Å². The van der Waals surface area contributed by atoms with Gasteiger partial charge in [0.05, 0.1) is 0 Å². The molecule has 0 saturated carbocycles. The molecule has 3 rings (SSSR count). The Morgan fingerprint density at radius 3 is 3.15 bits per heavy atom. The van der Waals surface area contributed by atoms with Crippen LogP contribution in [0.15, 0.2) is 22.8 Å². The maximum atomic E-state index is 11.4. The van der Waals surface area contributed by atoms with Crippen LogP contribution in [0.3, 0.4) is 0 Å². The quantitative estimate of drug-likeness (QED) is 0.845. The second-order valence-electron chi connectivity index (χ2n) is 5.11. The molecule has 2 aromatic rings. The van der Waals surface area contributed by atoms with Crippen LogP contribution < -0.4 is 5.73 Å². The summed E-state index contributed by atoms with van der Waals surface area (Å²) in [6.45, 7) is 1.20. The first-order valence-corrected chi connectivity index (χ1v) is 6.59. The van der Waals surface area contributed by atoms with Crippen molar-refractivity contribution in [3.63, 3.8) is 0 Å². The van der Waals surface area contributed by atoms with Crippen molar-refractivity contribution < 1.29 is 14.5 Å². The highest BCUT2D eigenvalue weighted by molar-refractivity contribution is 5.77. The van der Waals surface area contributed by atoms with E-state index in [0.717, 1.165) is 18.4 Å². The first kappa shape index (κ1) is 13.0. The van der Waals surface area contributed by atoms with Gasteiger partial charge in [0.25, 0.3) is 0 Å². The average Bonchev–Trinajstić information content (AvgIpc) is 2.87. The summed E-state index contributed by atoms with van der Waals surface area (Å²) < 4.78 is 4.73. The number of benzene rings is 1. The van der Waals surface area contributed by atoms with E-state index in [9.17, 15) is 9.90 Å². The first-order chi connectivity index (χ1) is 9.66. The van der Waals surface area contributed by atoms with E-state index in [2.05, 4.69) is 10.3 Å². The van der Waals surface area contributed by atoms with Gasteiger partial charge in [0.1, 0.15) is 17.1 Å². The van der Waals surface area contributed by atoms with Gasteiger partial charge in [0, 0.05) is 12.6 Å². The van der Waals surface area contributed by atoms with Crippen molar-refractivity contribution in [2.75, 3.05) is 6.54 Å². The van der Waals surface area contributed by atoms with E-state index in [1.165, 1.54) is 0 Å². The van der Waals surface area contributed by atoms with Gasteiger partial charge in [-0.05, 0) is 41.3 Å². The van der Waals surface area contributed by atoms with Gasteiger partial charge in [0.2, 0.25) is 0 Å². The Labute approximate surface area is 115 Å². The zero-order chi connectivity index (χ0) is 14.1. The number of fused-ring (bicyclic) bond motifs is 1. The molecular formula is C13H16N4O3. The minimum absolute atomic E-state index is 0.337. The largest absolute Gasteiger partial charge is 0.480 e. The van der Waals surface area contributed by atoms with Crippen molar-refractivity contribution >= 4 is 17.0 Å². The van der Waals surface area contributed by atoms with Gasteiger partial charge in [-0.25, -0.2) is 4.63 Å². The Balaban J connectivity index is 1.89. The van der Waals surface area contributed by atoms with E-state index >= 15 is 0 Å². The zero-order valence-electron chi connectivity index (χ0n) is 10.9. The normalized spacial score (nSPS) is 24.1. The number of aliphatic carboxylic acids is 1. The molecule has 1 aromatic carbocycles. The van der Waals surface area contributed by atoms with Crippen LogP contribution in [0.1, 0.15) is 18.4 Å². The van der Waals surface area contributed by atoms with Gasteiger partial charge in [-0.2, -0.15) is 0 Å². The first-order valence-electron chi connectivity index (χ1n) is 6.59. The van der Waals surface area contributed by atoms with Crippen molar-refractivity contribution in [1.29, 1.82) is 0 Å². The summed E-state index contributed by atoms with van der Waals surface area (Å²) in [5, 5.41) is 17.0. The molecule has 0 aliphatic carbocycles. The van der Waals surface area contributed by atoms with Crippen LogP contribution in [-0.2, 0) is 11.3 Å². The summed E-state index contributed by atoms with van der Waals surface area (Å²) in [6.07, 6.45) is 1.64. The number of rotatable bonds is 3. The van der Waals surface area contributed by atoms with E-state index in [4.69, 9.17) is 10.4 Å². The molecule has 2 heterocycles. The van der Waals surface area contributed by atoms with Gasteiger partial charge in [-0.3, -0.25) is 9.69 Å². The number of aromatic nitrogens is 2. The number of hydrogen-bond acceptors (Lipinski definition) is 6. The Kier molecular flexibility index (Phi) is 3.37. The highest BCUT2D eigenvalue weighted by Gasteiger charge is 2.34. The second kappa shape index (κ2) is 5.18. The van der Waals surface area contributed by atoms with Gasteiger partial charge in [-0.15, -0.1) is 0 Å². The van der Waals surface area contributed by atoms with Crippen molar-refractivity contribution in [2.24, 2.45) is 5.73 Å². The SMILES string of the molecule is N[C@@H]1CCCN(Cc2cccc3nonc23)[C@H]1C(=O)O. The number of carboxylic acid groups (broad SMARTS) is 1. The van der Waals surface area contributed by atoms with Crippen molar-refractivity contribution in [3.8, 4) is 0 Å². The zero-order valence-corrected chi connectivity index (χ0v) is 10.9. The van der Waals surface area contributed by atoms with E-state index in [1.54, 1.807) is 0 Å². The number of hydrogen-bond donors (Lipinski definition) is 2. The van der Waals surface area contributed by atoms with Gasteiger partial charge in [-0.1, -0.05) is 12.1 Å². The lowest BCUT2D eigenvalue weighted by Gasteiger charge is -2.36. The molecule has 3 N–H and O–H groups in total. The predicted octanol–water partition coefficient (Wildman–Crippen LogP) is 0.599. The smallest absolute Gasteiger partial charge is 0.322 e. The summed E-state index contributed by atoms with van der Waals surface area (Å²) in [6, 6.07) is 4.59. The maximum Gasteiger partial charge on any atom is 0.322 e. The Morgan fingerprint density at radius 2 is 2.35 bits per heavy atom. The standard InChI is InChI=1S/C13H16N4O3/c14-9-4-2-6-17(12(9)13(18)19)7-8-3-1-5-10-11(8)16-20-15-10/h1,3,5,9,12H,2,4,6-7,14H2,(H,18,19)/t9-,12-/m1/s1. The van der Waals surface area contributed by atoms with E-state index in [0.29, 0.717) is 24.1 Å². The molecular weight excluding hydrogens is 260 g/mol. The number of carboxylic acids is 1. The summed E-state index contributed by atoms with van der Waals surface area (Å²) in [5.74, 6) is -0.873. The topological polar surface area (TPSA) is 105 Å². The molecule has 1 fully saturated rings. The fourth-order valence-electron chi connectivity index (χ4n) is 2.82. The molecule has 2 atom stereocenters. The van der Waals surface area contributed by atoms with Gasteiger partial charge >= 0.3 is 5.97 Å². The number of nitrogens with zero attached hydrogens (tertiary/aromatic N) is 3. The lowest BCUT2D eigenvalue weighted by molar-refractivity contribution is -0.145. The van der Waals surface area contributed by atoms with Crippen LogP contribution in [0.25, 0.3) is 11.0 Å². The lowest BCUT2D eigenvalue weighted by Crippen LogP contribution is -2.55. The summed E-state index contributed by atoms with van der Waals surface area (Å²) in [7, 11) is 0. The molecule has 0 unspecified atom stereocenters. The lowest BCUT2D eigenvalue weighted by atomic mass is 9.96. The highest BCUT2D eigenvalue weighted by atomic mass is 16.6. The molecule has 1 aliphatic rings. The fourth-order valence-corrected chi connectivity index (χ4v) is 2.82. The van der Waals surface area contributed by atoms with Crippen LogP contribution in [0.4, 0.5) is 0 Å². The van der Waals surface area contributed by atoms with Crippen molar-refractivity contribution in [1.82, 2.24) is 15.2 Å². The van der Waals surface area contributed by atoms with E-state index in [-0.39, 0.29) is 6.04 Å². The van der Waals surface area contributed by atoms with Crippen LogP contribution in [0.5, 0.6) is 0 Å². The third-order valence-electron chi connectivity index (χ3n) is 3.78. The molecule has 20 heavy (non-hydrogen) atoms. The second-order valence-corrected chi connectivity index (χ2v) is 5.11. The molecule has 7 heteroatoms. The van der Waals surface area contributed by atoms with Gasteiger partial charge in [0.15, 0.2) is 0 Å². The summed E-state index contributed by atoms with van der Waals surface area (Å²) in [4.78, 5) is 13.3. The van der Waals surface area contributed by atoms with E-state index < -0.39 is 12.0 Å². The molecule has 0 spiro atoms. The number of nitrogens with two attached hydrogens (primary N) is 1. The molecule has 0 amide bonds. The van der Waals surface area contributed by atoms with Crippen molar-refractivity contribution in [3.05, 3.63) is 23.8 Å². The predicted molar refractivity (Wildman–Crippen MR) is 70.8 cm³/mol. The molecule has 0 bridgehead atoms. The maximum absolute atomic E-state index is 11.4. The Bertz CT molecular complexity index is 627. The molecule has 106 valence electrons. The number of carbonyl (C=O) groups is 1. The fraction of sp³-hybridized carbons (Fsp3) is 0.462. The average molecular weight is 276 g/mol. The molecule has 1 saturated heterocycles. The third-order valence-corrected chi connectivity index (χ3v) is 3.78. The minimum Gasteiger partial charge on any atom is -0.480 e. The van der Waals surface area contributed by atoms with Crippen LogP contribution in [-0.4, -0.2) is 44.9 Å². The number of piperidine rings is 1. The number of likely N-dealkylation sites (tertiary alicyclic amines) is 1. The Hall–Kier alpha value is -1.99. The minimum atomic E-state index is -0.873. The van der Waals surface area contributed by atoms with Crippen LogP contribution >= 0.6 is 0 Å². The molecule has 1 aliphatic heterocycles. The summed E-state index contributed by atoms with van der Waals surface area (Å²) >= 11 is 0. The molecule has 1 aromatic heterocycles. The van der Waals surface area contributed by atoms with Crippen LogP contribution in [0, 0.1) is 0 Å². The molecule has 7 nitrogen and oxygen atoms in total. The highest BCUT2D eigenvalue weighted by Crippen LogP contribution is 2.22. The van der Waals surface area contributed by atoms with E-state index in [1.807, 2.05) is 23.1 Å². The van der Waals surface area contributed by atoms with Crippen LogP contribution in [0.2, 0.25) is 0 Å².